The monoisotopic (exact) mass is 1120 g/mol. The highest BCUT2D eigenvalue weighted by molar-refractivity contribution is 5.71. The van der Waals surface area contributed by atoms with Crippen molar-refractivity contribution in [2.45, 2.75) is 297 Å². The van der Waals surface area contributed by atoms with Gasteiger partial charge in [-0.05, 0) is 141 Å². The van der Waals surface area contributed by atoms with Gasteiger partial charge < -0.3 is 14.2 Å². The predicted octanol–water partition coefficient (Wildman–Crippen LogP) is 23.1. The zero-order chi connectivity index (χ0) is 58.5. The number of ether oxygens (including phenoxy) is 3. The molecule has 0 rings (SSSR count). The molecule has 0 spiro atoms. The zero-order valence-corrected chi connectivity index (χ0v) is 52.5. The first kappa shape index (κ1) is 76.3. The molecule has 0 aromatic rings. The number of esters is 3. The van der Waals surface area contributed by atoms with E-state index in [1.807, 2.05) is 0 Å². The standard InChI is InChI=1S/C75H122O6/c1-4-7-10-13-16-19-22-25-27-29-31-33-35-36-37-38-40-41-43-45-47-50-53-56-59-62-65-68-74(77)80-71-72(70-79-73(76)67-64-61-58-55-52-49-24-21-18-15-12-9-6-3)81-75(78)69-66-63-60-57-54-51-48-46-44-42-39-34-32-30-28-26-23-20-17-14-11-8-5-2/h7,10,12,15-16,19,21,23-27,30-33,36-37,40-41,45,47,53,56,72H,4-6,8-9,11,13-14,17-18,20,22,28-29,34-35,38-39,42-44,46,48-52,54-55,57-71H2,1-3H3/b10-7-,15-12-,19-16-,24-21-,26-23-,27-25-,32-30-,33-31-,37-36-,41-40-,47-45-,56-53-. The molecule has 0 amide bonds. The van der Waals surface area contributed by atoms with Gasteiger partial charge in [0.05, 0.1) is 0 Å². The third-order valence-corrected chi connectivity index (χ3v) is 13.8. The molecule has 0 radical (unpaired) electrons. The second-order valence-electron chi connectivity index (χ2n) is 21.6. The number of hydrogen-bond acceptors (Lipinski definition) is 6. The fourth-order valence-corrected chi connectivity index (χ4v) is 8.82. The molecule has 81 heavy (non-hydrogen) atoms. The quantitative estimate of drug-likeness (QED) is 0.0261. The summed E-state index contributed by atoms with van der Waals surface area (Å²) in [5.41, 5.74) is 0. The minimum absolute atomic E-state index is 0.104. The Kier molecular flexibility index (Phi) is 63.9. The van der Waals surface area contributed by atoms with Crippen LogP contribution in [0.2, 0.25) is 0 Å². The van der Waals surface area contributed by atoms with Gasteiger partial charge in [0, 0.05) is 19.3 Å². The minimum atomic E-state index is -0.811. The number of rotatable bonds is 59. The Morgan fingerprint density at radius 2 is 0.506 bits per heavy atom. The Morgan fingerprint density at radius 1 is 0.259 bits per heavy atom. The van der Waals surface area contributed by atoms with Crippen LogP contribution in [-0.4, -0.2) is 37.2 Å². The highest BCUT2D eigenvalue weighted by Crippen LogP contribution is 2.15. The molecule has 0 saturated carbocycles. The number of unbranched alkanes of at least 4 members (excludes halogenated alkanes) is 24. The number of allylic oxidation sites excluding steroid dienone is 24. The van der Waals surface area contributed by atoms with Crippen LogP contribution in [0.1, 0.15) is 290 Å². The largest absolute Gasteiger partial charge is 0.462 e. The lowest BCUT2D eigenvalue weighted by atomic mass is 10.0. The van der Waals surface area contributed by atoms with E-state index in [9.17, 15) is 14.4 Å². The molecule has 0 bridgehead atoms. The molecule has 0 heterocycles. The lowest BCUT2D eigenvalue weighted by Crippen LogP contribution is -2.30. The van der Waals surface area contributed by atoms with E-state index >= 15 is 0 Å². The van der Waals surface area contributed by atoms with Crippen LogP contribution in [-0.2, 0) is 28.6 Å². The van der Waals surface area contributed by atoms with Crippen molar-refractivity contribution in [3.8, 4) is 0 Å². The molecule has 0 N–H and O–H groups in total. The topological polar surface area (TPSA) is 78.9 Å². The van der Waals surface area contributed by atoms with E-state index in [0.717, 1.165) is 141 Å². The first-order valence-electron chi connectivity index (χ1n) is 33.3. The van der Waals surface area contributed by atoms with Gasteiger partial charge in [-0.3, -0.25) is 14.4 Å². The lowest BCUT2D eigenvalue weighted by Gasteiger charge is -2.18. The zero-order valence-electron chi connectivity index (χ0n) is 52.5. The molecule has 0 aliphatic carbocycles. The van der Waals surface area contributed by atoms with Gasteiger partial charge in [-0.1, -0.05) is 276 Å². The predicted molar refractivity (Wildman–Crippen MR) is 352 cm³/mol. The molecule has 0 aliphatic rings. The molecule has 6 nitrogen and oxygen atoms in total. The number of hydrogen-bond donors (Lipinski definition) is 0. The van der Waals surface area contributed by atoms with Crippen LogP contribution in [0.4, 0.5) is 0 Å². The molecule has 458 valence electrons. The van der Waals surface area contributed by atoms with Gasteiger partial charge >= 0.3 is 17.9 Å². The summed E-state index contributed by atoms with van der Waals surface area (Å²) in [5.74, 6) is -0.963. The highest BCUT2D eigenvalue weighted by Gasteiger charge is 2.19. The maximum atomic E-state index is 12.9. The summed E-state index contributed by atoms with van der Waals surface area (Å²) in [4.78, 5) is 38.3. The van der Waals surface area contributed by atoms with Crippen LogP contribution in [0.15, 0.2) is 146 Å². The molecule has 6 heteroatoms. The van der Waals surface area contributed by atoms with Crippen molar-refractivity contribution in [2.75, 3.05) is 13.2 Å². The van der Waals surface area contributed by atoms with Crippen molar-refractivity contribution in [3.05, 3.63) is 146 Å². The van der Waals surface area contributed by atoms with E-state index in [1.165, 1.54) is 103 Å². The van der Waals surface area contributed by atoms with Crippen LogP contribution < -0.4 is 0 Å². The molecule has 0 aromatic carbocycles. The summed E-state index contributed by atoms with van der Waals surface area (Å²) >= 11 is 0. The van der Waals surface area contributed by atoms with E-state index < -0.39 is 6.10 Å². The van der Waals surface area contributed by atoms with Gasteiger partial charge in [-0.15, -0.1) is 0 Å². The number of carbonyl (C=O) groups excluding carboxylic acids is 3. The van der Waals surface area contributed by atoms with Gasteiger partial charge in [0.2, 0.25) is 0 Å². The van der Waals surface area contributed by atoms with Crippen molar-refractivity contribution in [2.24, 2.45) is 0 Å². The van der Waals surface area contributed by atoms with Crippen LogP contribution >= 0.6 is 0 Å². The van der Waals surface area contributed by atoms with Crippen LogP contribution in [0.25, 0.3) is 0 Å². The summed E-state index contributed by atoms with van der Waals surface area (Å²) in [6.07, 6.45) is 97.2. The average molecular weight is 1120 g/mol. The van der Waals surface area contributed by atoms with Crippen molar-refractivity contribution < 1.29 is 28.6 Å². The Labute approximate surface area is 499 Å². The Bertz CT molecular complexity index is 1760. The fraction of sp³-hybridized carbons (Fsp3) is 0.640. The van der Waals surface area contributed by atoms with E-state index in [4.69, 9.17) is 14.2 Å². The normalized spacial score (nSPS) is 13.1. The fourth-order valence-electron chi connectivity index (χ4n) is 8.82. The van der Waals surface area contributed by atoms with Gasteiger partial charge in [-0.2, -0.15) is 0 Å². The second-order valence-corrected chi connectivity index (χ2v) is 21.6. The van der Waals surface area contributed by atoms with Gasteiger partial charge in [0.15, 0.2) is 6.10 Å². The summed E-state index contributed by atoms with van der Waals surface area (Å²) in [5, 5.41) is 0. The van der Waals surface area contributed by atoms with Gasteiger partial charge in [0.1, 0.15) is 13.2 Å². The lowest BCUT2D eigenvalue weighted by molar-refractivity contribution is -0.167. The average Bonchev–Trinajstić information content (AvgIpc) is 3.46. The summed E-state index contributed by atoms with van der Waals surface area (Å²) in [6, 6.07) is 0. The highest BCUT2D eigenvalue weighted by atomic mass is 16.6. The molecule has 1 unspecified atom stereocenters. The SMILES string of the molecule is CC/C=C\C/C=C\C/C=C\C/C=C\C/C=C\C/C=C\C/C=C\C/C=C\CCCCC(=O)OCC(COC(=O)CCCCCCC/C=C\C/C=C\CCC)OC(=O)CCCCCCCCCCCCC/C=C\C/C=C\CCCCCCC. The summed E-state index contributed by atoms with van der Waals surface area (Å²) < 4.78 is 16.9. The second kappa shape index (κ2) is 67.8. The minimum Gasteiger partial charge on any atom is -0.462 e. The van der Waals surface area contributed by atoms with Crippen molar-refractivity contribution in [1.29, 1.82) is 0 Å². The Morgan fingerprint density at radius 3 is 0.827 bits per heavy atom. The Hall–Kier alpha value is -4.71. The van der Waals surface area contributed by atoms with E-state index in [0.29, 0.717) is 25.7 Å². The van der Waals surface area contributed by atoms with Crippen molar-refractivity contribution >= 4 is 17.9 Å². The smallest absolute Gasteiger partial charge is 0.306 e. The van der Waals surface area contributed by atoms with E-state index in [2.05, 4.69) is 167 Å². The van der Waals surface area contributed by atoms with Crippen molar-refractivity contribution in [1.82, 2.24) is 0 Å². The summed E-state index contributed by atoms with van der Waals surface area (Å²) in [6.45, 7) is 6.41. The van der Waals surface area contributed by atoms with Crippen LogP contribution in [0.3, 0.4) is 0 Å². The number of carbonyl (C=O) groups is 3. The maximum Gasteiger partial charge on any atom is 0.306 e. The molecule has 1 atom stereocenters. The van der Waals surface area contributed by atoms with Gasteiger partial charge in [-0.25, -0.2) is 0 Å². The van der Waals surface area contributed by atoms with Crippen LogP contribution in [0, 0.1) is 0 Å². The van der Waals surface area contributed by atoms with Crippen LogP contribution in [0.5, 0.6) is 0 Å². The summed E-state index contributed by atoms with van der Waals surface area (Å²) in [7, 11) is 0. The molecular formula is C75H122O6. The maximum absolute atomic E-state index is 12.9. The van der Waals surface area contributed by atoms with Crippen molar-refractivity contribution in [3.63, 3.8) is 0 Å². The van der Waals surface area contributed by atoms with E-state index in [1.54, 1.807) is 0 Å². The molecular weight excluding hydrogens is 997 g/mol. The van der Waals surface area contributed by atoms with E-state index in [-0.39, 0.29) is 31.1 Å². The third kappa shape index (κ3) is 66.0. The first-order chi connectivity index (χ1) is 40.0. The third-order valence-electron chi connectivity index (χ3n) is 13.8. The molecule has 0 saturated heterocycles. The molecule has 0 fully saturated rings. The molecule has 0 aliphatic heterocycles. The Balaban J connectivity index is 4.44. The first-order valence-corrected chi connectivity index (χ1v) is 33.3. The van der Waals surface area contributed by atoms with Gasteiger partial charge in [0.25, 0.3) is 0 Å². The molecule has 0 aromatic heterocycles.